The maximum atomic E-state index is 12.3. The second-order valence-electron chi connectivity index (χ2n) is 6.70. The predicted molar refractivity (Wildman–Crippen MR) is 99.6 cm³/mol. The highest BCUT2D eigenvalue weighted by Gasteiger charge is 2.24. The van der Waals surface area contributed by atoms with Gasteiger partial charge in [0.05, 0.1) is 6.54 Å². The van der Waals surface area contributed by atoms with E-state index in [0.717, 1.165) is 43.0 Å². The standard InChI is InChI=1S/C19H25N5O2/c1-14(25)23-17-6-4-15(5-7-17)11-22-18(26)13-24-10-2-3-16(12-24)19-20-8-9-21-19/h4-9,16H,2-3,10-13H2,1H3,(H,20,21)(H,22,26)(H,23,25)/t16-/m0/s1. The number of nitrogens with one attached hydrogen (secondary N) is 3. The zero-order chi connectivity index (χ0) is 18.4. The van der Waals surface area contributed by atoms with Crippen molar-refractivity contribution in [3.63, 3.8) is 0 Å². The Hall–Kier alpha value is -2.67. The van der Waals surface area contributed by atoms with Crippen LogP contribution in [-0.4, -0.2) is 46.3 Å². The molecule has 7 nitrogen and oxygen atoms in total. The van der Waals surface area contributed by atoms with Gasteiger partial charge in [-0.05, 0) is 37.1 Å². The fourth-order valence-corrected chi connectivity index (χ4v) is 3.29. The largest absolute Gasteiger partial charge is 0.351 e. The Morgan fingerprint density at radius 1 is 1.31 bits per heavy atom. The van der Waals surface area contributed by atoms with Crippen molar-refractivity contribution in [1.29, 1.82) is 0 Å². The van der Waals surface area contributed by atoms with Gasteiger partial charge in [0, 0.05) is 44.0 Å². The van der Waals surface area contributed by atoms with Gasteiger partial charge in [0.25, 0.3) is 0 Å². The van der Waals surface area contributed by atoms with Crippen LogP contribution in [-0.2, 0) is 16.1 Å². The summed E-state index contributed by atoms with van der Waals surface area (Å²) in [5.41, 5.74) is 1.75. The predicted octanol–water partition coefficient (Wildman–Crippen LogP) is 1.86. The van der Waals surface area contributed by atoms with Crippen molar-refractivity contribution in [3.8, 4) is 0 Å². The molecule has 0 spiro atoms. The van der Waals surface area contributed by atoms with Crippen molar-refractivity contribution in [3.05, 3.63) is 48.0 Å². The fourth-order valence-electron chi connectivity index (χ4n) is 3.29. The molecule has 2 heterocycles. The quantitative estimate of drug-likeness (QED) is 0.738. The summed E-state index contributed by atoms with van der Waals surface area (Å²) in [6.07, 6.45) is 5.80. The van der Waals surface area contributed by atoms with Gasteiger partial charge in [-0.15, -0.1) is 0 Å². The molecule has 1 fully saturated rings. The van der Waals surface area contributed by atoms with Crippen LogP contribution in [0.15, 0.2) is 36.7 Å². The Labute approximate surface area is 153 Å². The molecule has 2 amide bonds. The summed E-state index contributed by atoms with van der Waals surface area (Å²) >= 11 is 0. The van der Waals surface area contributed by atoms with E-state index in [1.165, 1.54) is 6.92 Å². The van der Waals surface area contributed by atoms with Crippen LogP contribution >= 0.6 is 0 Å². The first-order valence-corrected chi connectivity index (χ1v) is 8.95. The molecule has 1 aliphatic heterocycles. The average molecular weight is 355 g/mol. The SMILES string of the molecule is CC(=O)Nc1ccc(CNC(=O)CN2CCC[C@H](c3ncc[nH]3)C2)cc1. The van der Waals surface area contributed by atoms with Gasteiger partial charge in [-0.25, -0.2) is 4.98 Å². The van der Waals surface area contributed by atoms with Crippen molar-refractivity contribution in [1.82, 2.24) is 20.2 Å². The lowest BCUT2D eigenvalue weighted by molar-refractivity contribution is -0.122. The first-order chi connectivity index (χ1) is 12.6. The number of likely N-dealkylation sites (tertiary alicyclic amines) is 1. The average Bonchev–Trinajstić information content (AvgIpc) is 3.16. The van der Waals surface area contributed by atoms with Crippen LogP contribution in [0.4, 0.5) is 5.69 Å². The van der Waals surface area contributed by atoms with Crippen LogP contribution in [0.25, 0.3) is 0 Å². The van der Waals surface area contributed by atoms with Crippen molar-refractivity contribution in [2.24, 2.45) is 0 Å². The third kappa shape index (κ3) is 5.16. The Balaban J connectivity index is 1.44. The monoisotopic (exact) mass is 355 g/mol. The van der Waals surface area contributed by atoms with Crippen molar-refractivity contribution < 1.29 is 9.59 Å². The molecule has 7 heteroatoms. The molecule has 0 unspecified atom stereocenters. The number of amides is 2. The molecular weight excluding hydrogens is 330 g/mol. The minimum absolute atomic E-state index is 0.0241. The Morgan fingerprint density at radius 3 is 2.81 bits per heavy atom. The van der Waals surface area contributed by atoms with Gasteiger partial charge >= 0.3 is 0 Å². The molecule has 3 N–H and O–H groups in total. The van der Waals surface area contributed by atoms with Gasteiger partial charge in [0.1, 0.15) is 5.82 Å². The Kier molecular flexibility index (Phi) is 6.01. The van der Waals surface area contributed by atoms with Gasteiger partial charge in [0.2, 0.25) is 11.8 Å². The minimum Gasteiger partial charge on any atom is -0.351 e. The molecule has 1 aromatic carbocycles. The Bertz CT molecular complexity index is 727. The summed E-state index contributed by atoms with van der Waals surface area (Å²) in [6, 6.07) is 7.47. The molecule has 26 heavy (non-hydrogen) atoms. The molecule has 0 bridgehead atoms. The molecule has 138 valence electrons. The van der Waals surface area contributed by atoms with Crippen LogP contribution in [0.2, 0.25) is 0 Å². The van der Waals surface area contributed by atoms with Crippen molar-refractivity contribution in [2.45, 2.75) is 32.2 Å². The van der Waals surface area contributed by atoms with Gasteiger partial charge in [-0.2, -0.15) is 0 Å². The van der Waals surface area contributed by atoms with E-state index in [2.05, 4.69) is 25.5 Å². The molecule has 3 rings (SSSR count). The number of aromatic nitrogens is 2. The van der Waals surface area contributed by atoms with E-state index in [1.54, 1.807) is 6.20 Å². The number of piperidine rings is 1. The maximum absolute atomic E-state index is 12.3. The molecule has 1 aliphatic rings. The number of rotatable bonds is 6. The molecule has 0 aliphatic carbocycles. The number of carbonyl (C=O) groups excluding carboxylic acids is 2. The normalized spacial score (nSPS) is 17.7. The topological polar surface area (TPSA) is 90.1 Å². The summed E-state index contributed by atoms with van der Waals surface area (Å²) < 4.78 is 0. The van der Waals surface area contributed by atoms with Crippen LogP contribution in [0.3, 0.4) is 0 Å². The van der Waals surface area contributed by atoms with E-state index in [1.807, 2.05) is 30.5 Å². The summed E-state index contributed by atoms with van der Waals surface area (Å²) in [4.78, 5) is 33.0. The third-order valence-electron chi connectivity index (χ3n) is 4.54. The minimum atomic E-state index is -0.0968. The van der Waals surface area contributed by atoms with Crippen LogP contribution in [0, 0.1) is 0 Å². The lowest BCUT2D eigenvalue weighted by Gasteiger charge is -2.31. The second-order valence-corrected chi connectivity index (χ2v) is 6.70. The Morgan fingerprint density at radius 2 is 2.12 bits per heavy atom. The number of imidazole rings is 1. The van der Waals surface area contributed by atoms with Crippen molar-refractivity contribution >= 4 is 17.5 Å². The molecule has 2 aromatic rings. The summed E-state index contributed by atoms with van der Waals surface area (Å²) in [6.45, 7) is 4.16. The number of H-pyrrole nitrogens is 1. The molecule has 1 saturated heterocycles. The van der Waals surface area contributed by atoms with Gasteiger partial charge in [-0.3, -0.25) is 14.5 Å². The summed E-state index contributed by atoms with van der Waals surface area (Å²) in [5.74, 6) is 1.30. The van der Waals surface area contributed by atoms with Crippen LogP contribution < -0.4 is 10.6 Å². The summed E-state index contributed by atoms with van der Waals surface area (Å²) in [7, 11) is 0. The number of hydrogen-bond donors (Lipinski definition) is 3. The number of anilines is 1. The smallest absolute Gasteiger partial charge is 0.234 e. The first-order valence-electron chi connectivity index (χ1n) is 8.95. The number of aromatic amines is 1. The highest BCUT2D eigenvalue weighted by Crippen LogP contribution is 2.23. The van der Waals surface area contributed by atoms with Gasteiger partial charge in [-0.1, -0.05) is 12.1 Å². The lowest BCUT2D eigenvalue weighted by Crippen LogP contribution is -2.42. The molecule has 1 atom stereocenters. The molecule has 0 radical (unpaired) electrons. The first kappa shape index (κ1) is 18.1. The third-order valence-corrected chi connectivity index (χ3v) is 4.54. The molecule has 1 aromatic heterocycles. The number of carbonyl (C=O) groups is 2. The van der Waals surface area contributed by atoms with Gasteiger partial charge < -0.3 is 15.6 Å². The van der Waals surface area contributed by atoms with E-state index in [9.17, 15) is 9.59 Å². The van der Waals surface area contributed by atoms with E-state index < -0.39 is 0 Å². The van der Waals surface area contributed by atoms with Crippen LogP contribution in [0.1, 0.15) is 37.1 Å². The zero-order valence-electron chi connectivity index (χ0n) is 15.0. The number of hydrogen-bond acceptors (Lipinski definition) is 4. The maximum Gasteiger partial charge on any atom is 0.234 e. The molecule has 0 saturated carbocycles. The highest BCUT2D eigenvalue weighted by atomic mass is 16.2. The van der Waals surface area contributed by atoms with Crippen molar-refractivity contribution in [2.75, 3.05) is 25.0 Å². The summed E-state index contributed by atoms with van der Waals surface area (Å²) in [5, 5.41) is 5.69. The fraction of sp³-hybridized carbons (Fsp3) is 0.421. The van der Waals surface area contributed by atoms with E-state index in [-0.39, 0.29) is 11.8 Å². The lowest BCUT2D eigenvalue weighted by atomic mass is 9.97. The zero-order valence-corrected chi connectivity index (χ0v) is 15.0. The van der Waals surface area contributed by atoms with E-state index >= 15 is 0 Å². The van der Waals surface area contributed by atoms with E-state index in [0.29, 0.717) is 19.0 Å². The van der Waals surface area contributed by atoms with Crippen LogP contribution in [0.5, 0.6) is 0 Å². The van der Waals surface area contributed by atoms with E-state index in [4.69, 9.17) is 0 Å². The number of nitrogens with zero attached hydrogens (tertiary/aromatic N) is 2. The van der Waals surface area contributed by atoms with Gasteiger partial charge in [0.15, 0.2) is 0 Å². The number of benzene rings is 1. The highest BCUT2D eigenvalue weighted by molar-refractivity contribution is 5.88. The molecular formula is C19H25N5O2. The second kappa shape index (κ2) is 8.62.